The van der Waals surface area contributed by atoms with Crippen LogP contribution in [0, 0.1) is 5.82 Å². The van der Waals surface area contributed by atoms with E-state index in [1.807, 2.05) is 0 Å². The summed E-state index contributed by atoms with van der Waals surface area (Å²) in [5, 5.41) is 9.76. The molecule has 0 heterocycles. The number of hydrogen-bond acceptors (Lipinski definition) is 3. The molecule has 1 N–H and O–H groups in total. The fourth-order valence-corrected chi connectivity index (χ4v) is 2.93. The van der Waals surface area contributed by atoms with E-state index in [2.05, 4.69) is 0 Å². The number of likely N-dealkylation sites (N-methyl/N-ethyl adjacent to an activating group) is 1. The molecule has 1 aliphatic carbocycles. The van der Waals surface area contributed by atoms with Gasteiger partial charge in [-0.3, -0.25) is 4.79 Å². The zero-order valence-electron chi connectivity index (χ0n) is 12.5. The van der Waals surface area contributed by atoms with Crippen LogP contribution in [0.5, 0.6) is 0 Å². The molecule has 0 radical (unpaired) electrons. The fraction of sp³-hybridized carbons (Fsp3) is 0.562. The van der Waals surface area contributed by atoms with Gasteiger partial charge in [-0.2, -0.15) is 0 Å². The fourth-order valence-electron chi connectivity index (χ4n) is 2.93. The Labute approximate surface area is 124 Å². The van der Waals surface area contributed by atoms with Gasteiger partial charge in [0.1, 0.15) is 5.82 Å². The van der Waals surface area contributed by atoms with Crippen LogP contribution >= 0.6 is 0 Å². The molecule has 0 bridgehead atoms. The van der Waals surface area contributed by atoms with E-state index in [1.54, 1.807) is 24.1 Å². The molecule has 1 saturated carbocycles. The van der Waals surface area contributed by atoms with Crippen LogP contribution in [-0.4, -0.2) is 49.3 Å². The van der Waals surface area contributed by atoms with E-state index in [0.29, 0.717) is 0 Å². The standard InChI is InChI=1S/C16H22FNO3/c1-18(10-14(19)11-21-2)15(20)16(8-3-9-16)12-4-6-13(17)7-5-12/h4-7,14,19H,3,8-11H2,1-2H3. The molecule has 1 aromatic carbocycles. The van der Waals surface area contributed by atoms with E-state index in [0.717, 1.165) is 24.8 Å². The predicted molar refractivity (Wildman–Crippen MR) is 77.4 cm³/mol. The number of rotatable bonds is 6. The molecule has 21 heavy (non-hydrogen) atoms. The zero-order chi connectivity index (χ0) is 15.5. The Morgan fingerprint density at radius 2 is 2.05 bits per heavy atom. The third-order valence-corrected chi connectivity index (χ3v) is 4.20. The maximum Gasteiger partial charge on any atom is 0.233 e. The van der Waals surface area contributed by atoms with E-state index in [4.69, 9.17) is 4.74 Å². The lowest BCUT2D eigenvalue weighted by molar-refractivity contribution is -0.141. The minimum absolute atomic E-state index is 0.0180. The first kappa shape index (κ1) is 15.9. The summed E-state index contributed by atoms with van der Waals surface area (Å²) in [5.74, 6) is -0.319. The van der Waals surface area contributed by atoms with Crippen molar-refractivity contribution in [2.24, 2.45) is 0 Å². The number of halogens is 1. The molecule has 116 valence electrons. The summed E-state index contributed by atoms with van der Waals surface area (Å²) >= 11 is 0. The summed E-state index contributed by atoms with van der Waals surface area (Å²) in [5.41, 5.74) is 0.295. The molecule has 2 rings (SSSR count). The number of aliphatic hydroxyl groups excluding tert-OH is 1. The van der Waals surface area contributed by atoms with Crippen LogP contribution in [0.3, 0.4) is 0 Å². The number of nitrogens with zero attached hydrogens (tertiary/aromatic N) is 1. The van der Waals surface area contributed by atoms with Gasteiger partial charge in [0.25, 0.3) is 0 Å². The highest BCUT2D eigenvalue weighted by atomic mass is 19.1. The van der Waals surface area contributed by atoms with Crippen LogP contribution in [0.25, 0.3) is 0 Å². The van der Waals surface area contributed by atoms with Crippen LogP contribution in [0.15, 0.2) is 24.3 Å². The van der Waals surface area contributed by atoms with Gasteiger partial charge < -0.3 is 14.7 Å². The molecule has 1 unspecified atom stereocenters. The van der Waals surface area contributed by atoms with Crippen molar-refractivity contribution in [3.63, 3.8) is 0 Å². The van der Waals surface area contributed by atoms with E-state index in [9.17, 15) is 14.3 Å². The molecule has 1 fully saturated rings. The Balaban J connectivity index is 2.12. The topological polar surface area (TPSA) is 49.8 Å². The summed E-state index contributed by atoms with van der Waals surface area (Å²) in [6.45, 7) is 0.427. The van der Waals surface area contributed by atoms with Crippen molar-refractivity contribution in [1.29, 1.82) is 0 Å². The van der Waals surface area contributed by atoms with Crippen LogP contribution in [0.2, 0.25) is 0 Å². The van der Waals surface area contributed by atoms with Gasteiger partial charge in [0.15, 0.2) is 0 Å². The summed E-state index contributed by atoms with van der Waals surface area (Å²) in [7, 11) is 3.20. The van der Waals surface area contributed by atoms with Gasteiger partial charge in [0, 0.05) is 20.7 Å². The molecule has 0 aromatic heterocycles. The molecule has 1 aromatic rings. The Kier molecular flexibility index (Phi) is 4.96. The van der Waals surface area contributed by atoms with Crippen LogP contribution in [0.4, 0.5) is 4.39 Å². The number of hydrogen-bond donors (Lipinski definition) is 1. The first-order valence-electron chi connectivity index (χ1n) is 7.18. The second kappa shape index (κ2) is 6.54. The van der Waals surface area contributed by atoms with Gasteiger partial charge in [0.2, 0.25) is 5.91 Å². The monoisotopic (exact) mass is 295 g/mol. The van der Waals surface area contributed by atoms with Crippen LogP contribution < -0.4 is 0 Å². The van der Waals surface area contributed by atoms with Crippen LogP contribution in [-0.2, 0) is 14.9 Å². The molecule has 5 heteroatoms. The average Bonchev–Trinajstić information content (AvgIpc) is 2.39. The average molecular weight is 295 g/mol. The maximum atomic E-state index is 13.1. The third-order valence-electron chi connectivity index (χ3n) is 4.20. The normalized spacial score (nSPS) is 17.9. The Morgan fingerprint density at radius 3 is 2.52 bits per heavy atom. The summed E-state index contributed by atoms with van der Waals surface area (Å²) < 4.78 is 17.9. The number of carbonyl (C=O) groups is 1. The number of ether oxygens (including phenoxy) is 1. The van der Waals surface area contributed by atoms with Gasteiger partial charge in [-0.15, -0.1) is 0 Å². The van der Waals surface area contributed by atoms with Crippen molar-refractivity contribution in [2.45, 2.75) is 30.8 Å². The molecule has 0 saturated heterocycles. The number of benzene rings is 1. The summed E-state index contributed by atoms with van der Waals surface area (Å²) in [6.07, 6.45) is 1.82. The van der Waals surface area contributed by atoms with Crippen molar-refractivity contribution >= 4 is 5.91 Å². The molecular formula is C16H22FNO3. The molecule has 1 aliphatic rings. The van der Waals surface area contributed by atoms with E-state index >= 15 is 0 Å². The number of amides is 1. The van der Waals surface area contributed by atoms with Crippen molar-refractivity contribution in [3.8, 4) is 0 Å². The Bertz CT molecular complexity index is 485. The highest BCUT2D eigenvalue weighted by Crippen LogP contribution is 2.45. The quantitative estimate of drug-likeness (QED) is 0.869. The van der Waals surface area contributed by atoms with E-state index in [1.165, 1.54) is 19.2 Å². The SMILES string of the molecule is COCC(O)CN(C)C(=O)C1(c2ccc(F)cc2)CCC1. The minimum atomic E-state index is -0.700. The smallest absolute Gasteiger partial charge is 0.233 e. The number of carbonyl (C=O) groups excluding carboxylic acids is 1. The molecular weight excluding hydrogens is 273 g/mol. The zero-order valence-corrected chi connectivity index (χ0v) is 12.5. The molecule has 4 nitrogen and oxygen atoms in total. The van der Waals surface area contributed by atoms with Crippen LogP contribution in [0.1, 0.15) is 24.8 Å². The number of methoxy groups -OCH3 is 1. The van der Waals surface area contributed by atoms with Gasteiger partial charge in [-0.25, -0.2) is 4.39 Å². The predicted octanol–water partition coefficient (Wildman–Crippen LogP) is 1.71. The molecule has 0 aliphatic heterocycles. The Morgan fingerprint density at radius 1 is 1.43 bits per heavy atom. The summed E-state index contributed by atoms with van der Waals surface area (Å²) in [4.78, 5) is 14.3. The van der Waals surface area contributed by atoms with E-state index in [-0.39, 0.29) is 24.9 Å². The largest absolute Gasteiger partial charge is 0.389 e. The first-order valence-corrected chi connectivity index (χ1v) is 7.18. The lowest BCUT2D eigenvalue weighted by atomic mass is 9.63. The van der Waals surface area contributed by atoms with Gasteiger partial charge in [-0.1, -0.05) is 18.6 Å². The highest BCUT2D eigenvalue weighted by molar-refractivity contribution is 5.89. The lowest BCUT2D eigenvalue weighted by Gasteiger charge is -2.43. The second-order valence-corrected chi connectivity index (χ2v) is 5.74. The van der Waals surface area contributed by atoms with Gasteiger partial charge in [0.05, 0.1) is 18.1 Å². The molecule has 1 amide bonds. The van der Waals surface area contributed by atoms with Crippen molar-refractivity contribution in [1.82, 2.24) is 4.90 Å². The third kappa shape index (κ3) is 3.24. The Hall–Kier alpha value is -1.46. The molecule has 0 spiro atoms. The minimum Gasteiger partial charge on any atom is -0.389 e. The lowest BCUT2D eigenvalue weighted by Crippen LogP contribution is -2.51. The van der Waals surface area contributed by atoms with Crippen molar-refractivity contribution < 1.29 is 19.0 Å². The van der Waals surface area contributed by atoms with E-state index < -0.39 is 11.5 Å². The molecule has 1 atom stereocenters. The second-order valence-electron chi connectivity index (χ2n) is 5.74. The van der Waals surface area contributed by atoms with Crippen molar-refractivity contribution in [3.05, 3.63) is 35.6 Å². The number of aliphatic hydroxyl groups is 1. The van der Waals surface area contributed by atoms with Gasteiger partial charge >= 0.3 is 0 Å². The van der Waals surface area contributed by atoms with Gasteiger partial charge in [-0.05, 0) is 30.5 Å². The van der Waals surface area contributed by atoms with Crippen molar-refractivity contribution in [2.75, 3.05) is 27.3 Å². The summed E-state index contributed by atoms with van der Waals surface area (Å²) in [6, 6.07) is 6.16. The maximum absolute atomic E-state index is 13.1. The first-order chi connectivity index (χ1) is 9.99. The highest BCUT2D eigenvalue weighted by Gasteiger charge is 2.47.